The standard InChI is InChI=1S/C8H6N4/c1-3-9-11-5-7(1)8-2-4-10-12-6-8/h1-6H. The van der Waals surface area contributed by atoms with Crippen LogP contribution in [0.4, 0.5) is 0 Å². The van der Waals surface area contributed by atoms with Gasteiger partial charge in [-0.05, 0) is 12.1 Å². The van der Waals surface area contributed by atoms with Gasteiger partial charge in [0.25, 0.3) is 0 Å². The smallest absolute Gasteiger partial charge is 0.0575 e. The summed E-state index contributed by atoms with van der Waals surface area (Å²) in [5.41, 5.74) is 2.00. The van der Waals surface area contributed by atoms with E-state index in [1.165, 1.54) is 0 Å². The van der Waals surface area contributed by atoms with E-state index in [9.17, 15) is 0 Å². The Morgan fingerprint density at radius 2 is 1.17 bits per heavy atom. The van der Waals surface area contributed by atoms with E-state index < -0.39 is 0 Å². The summed E-state index contributed by atoms with van der Waals surface area (Å²) in [6.45, 7) is 0. The maximum Gasteiger partial charge on any atom is 0.0575 e. The van der Waals surface area contributed by atoms with E-state index in [0.29, 0.717) is 0 Å². The maximum absolute atomic E-state index is 3.76. The zero-order valence-electron chi connectivity index (χ0n) is 6.25. The van der Waals surface area contributed by atoms with Gasteiger partial charge in [0.1, 0.15) is 0 Å². The van der Waals surface area contributed by atoms with Crippen LogP contribution in [-0.2, 0) is 0 Å². The second kappa shape index (κ2) is 3.04. The molecule has 2 aromatic heterocycles. The van der Waals surface area contributed by atoms with Crippen LogP contribution in [0.5, 0.6) is 0 Å². The average molecular weight is 158 g/mol. The highest BCUT2D eigenvalue weighted by Crippen LogP contribution is 2.13. The van der Waals surface area contributed by atoms with E-state index >= 15 is 0 Å². The minimum Gasteiger partial charge on any atom is -0.159 e. The van der Waals surface area contributed by atoms with Crippen molar-refractivity contribution in [2.24, 2.45) is 0 Å². The minimum atomic E-state index is 1.000. The molecule has 0 aliphatic carbocycles. The summed E-state index contributed by atoms with van der Waals surface area (Å²) in [4.78, 5) is 0. The van der Waals surface area contributed by atoms with Crippen molar-refractivity contribution in [1.82, 2.24) is 20.4 Å². The largest absolute Gasteiger partial charge is 0.159 e. The maximum atomic E-state index is 3.76. The normalized spacial score (nSPS) is 9.67. The number of nitrogens with zero attached hydrogens (tertiary/aromatic N) is 4. The van der Waals surface area contributed by atoms with Gasteiger partial charge in [0.05, 0.1) is 24.8 Å². The van der Waals surface area contributed by atoms with Gasteiger partial charge in [0.2, 0.25) is 0 Å². The Hall–Kier alpha value is -1.84. The average Bonchev–Trinajstić information content (AvgIpc) is 2.21. The van der Waals surface area contributed by atoms with Crippen LogP contribution in [0.15, 0.2) is 36.9 Å². The van der Waals surface area contributed by atoms with Crippen LogP contribution in [0.1, 0.15) is 0 Å². The highest BCUT2D eigenvalue weighted by molar-refractivity contribution is 5.59. The Morgan fingerprint density at radius 3 is 1.50 bits per heavy atom. The van der Waals surface area contributed by atoms with Crippen LogP contribution in [0, 0.1) is 0 Å². The van der Waals surface area contributed by atoms with Gasteiger partial charge in [0, 0.05) is 11.1 Å². The third kappa shape index (κ3) is 1.27. The van der Waals surface area contributed by atoms with Crippen molar-refractivity contribution in [3.05, 3.63) is 36.9 Å². The van der Waals surface area contributed by atoms with E-state index in [4.69, 9.17) is 0 Å². The molecule has 2 heterocycles. The lowest BCUT2D eigenvalue weighted by molar-refractivity contribution is 1.02. The first-order chi connectivity index (χ1) is 5.97. The van der Waals surface area contributed by atoms with Gasteiger partial charge >= 0.3 is 0 Å². The molecule has 0 aromatic carbocycles. The molecule has 0 aliphatic heterocycles. The van der Waals surface area contributed by atoms with E-state index in [1.807, 2.05) is 12.1 Å². The molecular formula is C8H6N4. The summed E-state index contributed by atoms with van der Waals surface area (Å²) in [6.07, 6.45) is 6.68. The molecule has 2 aromatic rings. The van der Waals surface area contributed by atoms with Crippen LogP contribution < -0.4 is 0 Å². The molecule has 0 amide bonds. The third-order valence-corrected chi connectivity index (χ3v) is 1.50. The first-order valence-corrected chi connectivity index (χ1v) is 3.50. The third-order valence-electron chi connectivity index (χ3n) is 1.50. The fourth-order valence-electron chi connectivity index (χ4n) is 0.923. The van der Waals surface area contributed by atoms with Crippen molar-refractivity contribution in [3.63, 3.8) is 0 Å². The molecule has 12 heavy (non-hydrogen) atoms. The number of hydrogen-bond acceptors (Lipinski definition) is 4. The molecule has 0 radical (unpaired) electrons. The van der Waals surface area contributed by atoms with E-state index in [1.54, 1.807) is 24.8 Å². The molecule has 2 rings (SSSR count). The van der Waals surface area contributed by atoms with Gasteiger partial charge in [-0.1, -0.05) is 0 Å². The Morgan fingerprint density at radius 1 is 0.667 bits per heavy atom. The summed E-state index contributed by atoms with van der Waals surface area (Å²) in [5, 5.41) is 14.9. The van der Waals surface area contributed by atoms with Crippen LogP contribution in [0.3, 0.4) is 0 Å². The number of hydrogen-bond donors (Lipinski definition) is 0. The van der Waals surface area contributed by atoms with E-state index in [0.717, 1.165) is 11.1 Å². The molecule has 0 N–H and O–H groups in total. The van der Waals surface area contributed by atoms with Crippen molar-refractivity contribution in [1.29, 1.82) is 0 Å². The zero-order chi connectivity index (χ0) is 8.23. The molecule has 0 atom stereocenters. The second-order valence-corrected chi connectivity index (χ2v) is 2.26. The molecule has 58 valence electrons. The highest BCUT2D eigenvalue weighted by atomic mass is 15.1. The lowest BCUT2D eigenvalue weighted by Crippen LogP contribution is -1.84. The van der Waals surface area contributed by atoms with Crippen molar-refractivity contribution < 1.29 is 0 Å². The fourth-order valence-corrected chi connectivity index (χ4v) is 0.923. The molecule has 4 heteroatoms. The second-order valence-electron chi connectivity index (χ2n) is 2.26. The predicted molar refractivity (Wildman–Crippen MR) is 43.1 cm³/mol. The first kappa shape index (κ1) is 6.84. The Kier molecular flexibility index (Phi) is 1.74. The number of rotatable bonds is 1. The predicted octanol–water partition coefficient (Wildman–Crippen LogP) is 0.934. The molecule has 0 aliphatic rings. The fraction of sp³-hybridized carbons (Fsp3) is 0. The monoisotopic (exact) mass is 158 g/mol. The first-order valence-electron chi connectivity index (χ1n) is 3.50. The van der Waals surface area contributed by atoms with Gasteiger partial charge in [-0.15, -0.1) is 0 Å². The highest BCUT2D eigenvalue weighted by Gasteiger charge is 1.94. The van der Waals surface area contributed by atoms with Gasteiger partial charge < -0.3 is 0 Å². The SMILES string of the molecule is c1cc(-c2ccnnc2)cnn1. The summed E-state index contributed by atoms with van der Waals surface area (Å²) < 4.78 is 0. The van der Waals surface area contributed by atoms with E-state index in [2.05, 4.69) is 20.4 Å². The summed E-state index contributed by atoms with van der Waals surface area (Å²) >= 11 is 0. The lowest BCUT2D eigenvalue weighted by atomic mass is 10.2. The molecule has 0 bridgehead atoms. The molecular weight excluding hydrogens is 152 g/mol. The summed E-state index contributed by atoms with van der Waals surface area (Å²) in [5.74, 6) is 0. The summed E-state index contributed by atoms with van der Waals surface area (Å²) in [6, 6.07) is 3.76. The van der Waals surface area contributed by atoms with Gasteiger partial charge in [0.15, 0.2) is 0 Å². The molecule has 0 unspecified atom stereocenters. The van der Waals surface area contributed by atoms with Crippen molar-refractivity contribution in [2.45, 2.75) is 0 Å². The van der Waals surface area contributed by atoms with Crippen molar-refractivity contribution in [2.75, 3.05) is 0 Å². The van der Waals surface area contributed by atoms with Crippen molar-refractivity contribution >= 4 is 0 Å². The van der Waals surface area contributed by atoms with Crippen molar-refractivity contribution in [3.8, 4) is 11.1 Å². The van der Waals surface area contributed by atoms with E-state index in [-0.39, 0.29) is 0 Å². The van der Waals surface area contributed by atoms with Gasteiger partial charge in [-0.25, -0.2) is 0 Å². The topological polar surface area (TPSA) is 51.6 Å². The molecule has 0 fully saturated rings. The van der Waals surface area contributed by atoms with Crippen LogP contribution in [0.2, 0.25) is 0 Å². The van der Waals surface area contributed by atoms with Crippen LogP contribution in [0.25, 0.3) is 11.1 Å². The quantitative estimate of drug-likeness (QED) is 0.619. The summed E-state index contributed by atoms with van der Waals surface area (Å²) in [7, 11) is 0. The van der Waals surface area contributed by atoms with Crippen LogP contribution in [-0.4, -0.2) is 20.4 Å². The number of aromatic nitrogens is 4. The minimum absolute atomic E-state index is 1.000. The Balaban J connectivity index is 2.46. The Labute approximate surface area is 69.3 Å². The van der Waals surface area contributed by atoms with Crippen LogP contribution >= 0.6 is 0 Å². The zero-order valence-corrected chi connectivity index (χ0v) is 6.25. The molecule has 4 nitrogen and oxygen atoms in total. The molecule has 0 saturated heterocycles. The van der Waals surface area contributed by atoms with Gasteiger partial charge in [-0.2, -0.15) is 20.4 Å². The molecule has 0 saturated carbocycles. The molecule has 0 spiro atoms. The van der Waals surface area contributed by atoms with Gasteiger partial charge in [-0.3, -0.25) is 0 Å². The Bertz CT molecular complexity index is 308. The lowest BCUT2D eigenvalue weighted by Gasteiger charge is -1.95.